The van der Waals surface area contributed by atoms with Crippen LogP contribution in [0.1, 0.15) is 61.3 Å². The minimum Gasteiger partial charge on any atom is -0.299 e. The Morgan fingerprint density at radius 2 is 1.44 bits per heavy atom. The fourth-order valence-electron chi connectivity index (χ4n) is 4.12. The van der Waals surface area contributed by atoms with Crippen molar-refractivity contribution in [3.8, 4) is 0 Å². The molecule has 0 amide bonds. The SMILES string of the molecule is CCN(CCCc1c(C2(F)CC2)cccc1C1(F)CC1)Cc1ccccc1. The molecule has 0 unspecified atom stereocenters. The van der Waals surface area contributed by atoms with E-state index >= 15 is 0 Å². The van der Waals surface area contributed by atoms with Gasteiger partial charge in [-0.2, -0.15) is 0 Å². The Balaban J connectivity index is 1.46. The Morgan fingerprint density at radius 3 is 1.96 bits per heavy atom. The summed E-state index contributed by atoms with van der Waals surface area (Å²) in [5.41, 5.74) is 1.37. The summed E-state index contributed by atoms with van der Waals surface area (Å²) in [7, 11) is 0. The van der Waals surface area contributed by atoms with E-state index in [0.29, 0.717) is 25.7 Å². The molecule has 1 nitrogen and oxygen atoms in total. The van der Waals surface area contributed by atoms with Gasteiger partial charge in [0, 0.05) is 6.54 Å². The van der Waals surface area contributed by atoms with Gasteiger partial charge in [0.05, 0.1) is 0 Å². The van der Waals surface area contributed by atoms with Gasteiger partial charge in [-0.15, -0.1) is 0 Å². The minimum absolute atomic E-state index is 0.581. The van der Waals surface area contributed by atoms with E-state index in [1.54, 1.807) is 0 Å². The maximum Gasteiger partial charge on any atom is 0.136 e. The summed E-state index contributed by atoms with van der Waals surface area (Å²) in [6.07, 6.45) is 4.01. The number of rotatable bonds is 9. The van der Waals surface area contributed by atoms with Crippen LogP contribution in [0.25, 0.3) is 0 Å². The molecule has 2 aromatic carbocycles. The van der Waals surface area contributed by atoms with Crippen molar-refractivity contribution in [2.45, 2.75) is 63.3 Å². The van der Waals surface area contributed by atoms with Crippen LogP contribution in [0.2, 0.25) is 0 Å². The highest BCUT2D eigenvalue weighted by Crippen LogP contribution is 2.55. The van der Waals surface area contributed by atoms with Crippen LogP contribution in [-0.2, 0) is 24.3 Å². The number of hydrogen-bond donors (Lipinski definition) is 0. The lowest BCUT2D eigenvalue weighted by atomic mass is 9.90. The molecule has 0 atom stereocenters. The molecule has 2 fully saturated rings. The molecule has 0 radical (unpaired) electrons. The molecule has 3 heteroatoms. The van der Waals surface area contributed by atoms with Gasteiger partial charge in [-0.1, -0.05) is 55.5 Å². The molecule has 0 aromatic heterocycles. The molecular formula is C24H29F2N. The second-order valence-electron chi connectivity index (χ2n) is 8.22. The Hall–Kier alpha value is -1.74. The highest BCUT2D eigenvalue weighted by Gasteiger charge is 2.50. The van der Waals surface area contributed by atoms with Crippen LogP contribution in [0.5, 0.6) is 0 Å². The van der Waals surface area contributed by atoms with Crippen molar-refractivity contribution in [2.24, 2.45) is 0 Å². The predicted molar refractivity (Wildman–Crippen MR) is 106 cm³/mol. The van der Waals surface area contributed by atoms with E-state index in [1.165, 1.54) is 5.56 Å². The average Bonchev–Trinajstić information content (AvgIpc) is 3.61. The van der Waals surface area contributed by atoms with Crippen molar-refractivity contribution in [1.29, 1.82) is 0 Å². The van der Waals surface area contributed by atoms with Crippen molar-refractivity contribution in [3.63, 3.8) is 0 Å². The Bertz CT molecular complexity index is 742. The molecule has 0 spiro atoms. The monoisotopic (exact) mass is 369 g/mol. The predicted octanol–water partition coefficient (Wildman–Crippen LogP) is 6.06. The quantitative estimate of drug-likeness (QED) is 0.519. The number of nitrogens with zero attached hydrogens (tertiary/aromatic N) is 1. The zero-order chi connectivity index (χ0) is 18.9. The number of halogens is 2. The second kappa shape index (κ2) is 7.35. The highest BCUT2D eigenvalue weighted by molar-refractivity contribution is 5.46. The third kappa shape index (κ3) is 4.08. The molecule has 27 heavy (non-hydrogen) atoms. The van der Waals surface area contributed by atoms with E-state index < -0.39 is 11.3 Å². The summed E-state index contributed by atoms with van der Waals surface area (Å²) in [6.45, 7) is 5.01. The lowest BCUT2D eigenvalue weighted by Gasteiger charge is -2.23. The van der Waals surface area contributed by atoms with E-state index in [9.17, 15) is 8.78 Å². The molecule has 0 heterocycles. The first-order valence-electron chi connectivity index (χ1n) is 10.3. The van der Waals surface area contributed by atoms with Crippen LogP contribution in [-0.4, -0.2) is 18.0 Å². The van der Waals surface area contributed by atoms with Crippen molar-refractivity contribution < 1.29 is 8.78 Å². The third-order valence-corrected chi connectivity index (χ3v) is 6.12. The van der Waals surface area contributed by atoms with E-state index in [-0.39, 0.29) is 0 Å². The van der Waals surface area contributed by atoms with Crippen LogP contribution < -0.4 is 0 Å². The van der Waals surface area contributed by atoms with E-state index in [0.717, 1.165) is 49.2 Å². The Morgan fingerprint density at radius 1 is 0.852 bits per heavy atom. The second-order valence-corrected chi connectivity index (χ2v) is 8.22. The lowest BCUT2D eigenvalue weighted by Crippen LogP contribution is -2.24. The van der Waals surface area contributed by atoms with Gasteiger partial charge in [-0.3, -0.25) is 4.90 Å². The van der Waals surface area contributed by atoms with Gasteiger partial charge in [0.1, 0.15) is 11.3 Å². The molecule has 2 aliphatic carbocycles. The van der Waals surface area contributed by atoms with Crippen LogP contribution >= 0.6 is 0 Å². The summed E-state index contributed by atoms with van der Waals surface area (Å²) in [5.74, 6) is 0. The summed E-state index contributed by atoms with van der Waals surface area (Å²) in [4.78, 5) is 2.41. The molecule has 2 saturated carbocycles. The number of hydrogen-bond acceptors (Lipinski definition) is 1. The van der Waals surface area contributed by atoms with Crippen molar-refractivity contribution >= 4 is 0 Å². The normalized spacial score (nSPS) is 19.3. The largest absolute Gasteiger partial charge is 0.299 e. The minimum atomic E-state index is -1.20. The standard InChI is InChI=1S/C24H29F2N/c1-2-27(18-19-8-4-3-5-9-19)17-7-10-20-21(23(25)13-14-23)11-6-12-22(20)24(26)15-16-24/h3-6,8-9,11-12H,2,7,10,13-18H2,1H3. The first kappa shape index (κ1) is 18.6. The molecule has 0 N–H and O–H groups in total. The summed E-state index contributed by atoms with van der Waals surface area (Å²) >= 11 is 0. The van der Waals surface area contributed by atoms with Crippen LogP contribution in [0, 0.1) is 0 Å². The van der Waals surface area contributed by atoms with Gasteiger partial charge in [-0.05, 0) is 73.9 Å². The van der Waals surface area contributed by atoms with Crippen LogP contribution in [0.15, 0.2) is 48.5 Å². The maximum absolute atomic E-state index is 14.9. The number of alkyl halides is 2. The van der Waals surface area contributed by atoms with Gasteiger partial charge in [0.15, 0.2) is 0 Å². The van der Waals surface area contributed by atoms with Gasteiger partial charge >= 0.3 is 0 Å². The van der Waals surface area contributed by atoms with E-state index in [2.05, 4.69) is 36.1 Å². The molecule has 2 aliphatic rings. The molecule has 0 saturated heterocycles. The number of benzene rings is 2. The first-order valence-corrected chi connectivity index (χ1v) is 10.3. The zero-order valence-corrected chi connectivity index (χ0v) is 16.2. The van der Waals surface area contributed by atoms with Crippen molar-refractivity contribution in [2.75, 3.05) is 13.1 Å². The zero-order valence-electron chi connectivity index (χ0n) is 16.2. The van der Waals surface area contributed by atoms with Crippen LogP contribution in [0.4, 0.5) is 8.78 Å². The molecule has 144 valence electrons. The van der Waals surface area contributed by atoms with Crippen molar-refractivity contribution in [1.82, 2.24) is 4.90 Å². The van der Waals surface area contributed by atoms with E-state index in [1.807, 2.05) is 24.3 Å². The van der Waals surface area contributed by atoms with Gasteiger partial charge in [0.25, 0.3) is 0 Å². The average molecular weight is 369 g/mol. The maximum atomic E-state index is 14.9. The highest BCUT2D eigenvalue weighted by atomic mass is 19.1. The molecule has 0 bridgehead atoms. The Labute approximate surface area is 161 Å². The fraction of sp³-hybridized carbons (Fsp3) is 0.500. The fourth-order valence-corrected chi connectivity index (χ4v) is 4.12. The Kier molecular flexibility index (Phi) is 5.07. The molecular weight excluding hydrogens is 340 g/mol. The molecule has 4 rings (SSSR count). The lowest BCUT2D eigenvalue weighted by molar-refractivity contribution is 0.273. The summed E-state index contributed by atoms with van der Waals surface area (Å²) in [5, 5.41) is 0. The van der Waals surface area contributed by atoms with Crippen LogP contribution in [0.3, 0.4) is 0 Å². The molecule has 2 aromatic rings. The smallest absolute Gasteiger partial charge is 0.136 e. The first-order chi connectivity index (χ1) is 13.0. The summed E-state index contributed by atoms with van der Waals surface area (Å²) < 4.78 is 29.8. The van der Waals surface area contributed by atoms with Gasteiger partial charge < -0.3 is 0 Å². The summed E-state index contributed by atoms with van der Waals surface area (Å²) in [6, 6.07) is 16.1. The van der Waals surface area contributed by atoms with Gasteiger partial charge in [0.2, 0.25) is 0 Å². The third-order valence-electron chi connectivity index (χ3n) is 6.12. The van der Waals surface area contributed by atoms with E-state index in [4.69, 9.17) is 0 Å². The molecule has 0 aliphatic heterocycles. The van der Waals surface area contributed by atoms with Gasteiger partial charge in [-0.25, -0.2) is 8.78 Å². The van der Waals surface area contributed by atoms with Crippen molar-refractivity contribution in [3.05, 3.63) is 70.8 Å². The topological polar surface area (TPSA) is 3.24 Å².